The minimum atomic E-state index is -0.565. The van der Waals surface area contributed by atoms with Crippen molar-refractivity contribution < 1.29 is 19.1 Å². The van der Waals surface area contributed by atoms with E-state index in [1.165, 1.54) is 0 Å². The molecule has 0 aliphatic carbocycles. The van der Waals surface area contributed by atoms with Crippen LogP contribution in [0.5, 0.6) is 0 Å². The molecule has 1 N–H and O–H groups in total. The van der Waals surface area contributed by atoms with Crippen molar-refractivity contribution in [3.63, 3.8) is 0 Å². The van der Waals surface area contributed by atoms with Crippen molar-refractivity contribution in [1.82, 2.24) is 5.01 Å². The molecular formula is C19H29N3O4. The van der Waals surface area contributed by atoms with E-state index in [9.17, 15) is 9.59 Å². The number of ether oxygens (including phenoxy) is 2. The monoisotopic (exact) mass is 363 g/mol. The minimum Gasteiger partial charge on any atom is -0.444 e. The second kappa shape index (κ2) is 7.43. The highest BCUT2D eigenvalue weighted by atomic mass is 16.6. The molecule has 7 nitrogen and oxygen atoms in total. The second-order valence-electron chi connectivity index (χ2n) is 8.26. The average Bonchev–Trinajstić information content (AvgIpc) is 2.93. The molecule has 1 heterocycles. The molecule has 1 aromatic rings. The zero-order valence-electron chi connectivity index (χ0n) is 16.5. The lowest BCUT2D eigenvalue weighted by atomic mass is 10.2. The van der Waals surface area contributed by atoms with Crippen molar-refractivity contribution in [3.05, 3.63) is 24.3 Å². The van der Waals surface area contributed by atoms with E-state index in [0.29, 0.717) is 18.8 Å². The maximum absolute atomic E-state index is 12.4. The number of nitrogens with zero attached hydrogens (tertiary/aromatic N) is 2. The van der Waals surface area contributed by atoms with E-state index in [1.54, 1.807) is 11.1 Å². The van der Waals surface area contributed by atoms with E-state index >= 15 is 0 Å². The zero-order chi connectivity index (χ0) is 19.5. The van der Waals surface area contributed by atoms with Crippen molar-refractivity contribution in [1.29, 1.82) is 0 Å². The average molecular weight is 363 g/mol. The molecule has 26 heavy (non-hydrogen) atoms. The van der Waals surface area contributed by atoms with E-state index in [2.05, 4.69) is 5.32 Å². The summed E-state index contributed by atoms with van der Waals surface area (Å²) in [6.07, 6.45) is -0.0382. The van der Waals surface area contributed by atoms with Gasteiger partial charge in [0.05, 0.1) is 5.69 Å². The molecule has 1 aliphatic rings. The molecule has 1 saturated heterocycles. The van der Waals surface area contributed by atoms with Gasteiger partial charge in [-0.3, -0.25) is 10.3 Å². The topological polar surface area (TPSA) is 71.1 Å². The van der Waals surface area contributed by atoms with E-state index in [0.717, 1.165) is 12.1 Å². The third kappa shape index (κ3) is 5.82. The number of anilines is 2. The quantitative estimate of drug-likeness (QED) is 0.843. The number of rotatable bonds is 2. The number of hydrogen-bond donors (Lipinski definition) is 1. The van der Waals surface area contributed by atoms with Gasteiger partial charge in [-0.25, -0.2) is 14.6 Å². The van der Waals surface area contributed by atoms with Gasteiger partial charge in [0.15, 0.2) is 0 Å². The predicted molar refractivity (Wildman–Crippen MR) is 101 cm³/mol. The number of carbonyl (C=O) groups excluding carboxylic acids is 2. The highest BCUT2D eigenvalue weighted by molar-refractivity contribution is 5.85. The first-order valence-corrected chi connectivity index (χ1v) is 8.83. The molecule has 1 aliphatic heterocycles. The van der Waals surface area contributed by atoms with Crippen LogP contribution in [0.15, 0.2) is 24.3 Å². The van der Waals surface area contributed by atoms with E-state index in [-0.39, 0.29) is 6.09 Å². The minimum absolute atomic E-state index is 0.375. The van der Waals surface area contributed by atoms with Gasteiger partial charge in [-0.05, 0) is 66.2 Å². The molecule has 0 spiro atoms. The first-order chi connectivity index (χ1) is 11.9. The van der Waals surface area contributed by atoms with Crippen molar-refractivity contribution in [2.45, 2.75) is 59.2 Å². The van der Waals surface area contributed by atoms with Crippen LogP contribution in [0.25, 0.3) is 0 Å². The molecular weight excluding hydrogens is 334 g/mol. The van der Waals surface area contributed by atoms with Crippen LogP contribution in [0, 0.1) is 0 Å². The van der Waals surface area contributed by atoms with Gasteiger partial charge in [0, 0.05) is 18.8 Å². The maximum atomic E-state index is 12.4. The first kappa shape index (κ1) is 19.9. The number of hydrazine groups is 1. The summed E-state index contributed by atoms with van der Waals surface area (Å²) in [5.74, 6) is 0. The Hall–Kier alpha value is -2.44. The summed E-state index contributed by atoms with van der Waals surface area (Å²) < 4.78 is 10.8. The standard InChI is InChI=1S/C19H29N3O4/c1-18(2,3)25-16(23)20-14-9-7-10-15(13-14)21-11-8-12-22(21)17(24)26-19(4,5)6/h7,9-10,13H,8,11-12H2,1-6H3,(H,20,23). The van der Waals surface area contributed by atoms with Crippen molar-refractivity contribution in [2.75, 3.05) is 23.4 Å². The van der Waals surface area contributed by atoms with E-state index < -0.39 is 17.3 Å². The van der Waals surface area contributed by atoms with Gasteiger partial charge in [-0.1, -0.05) is 6.07 Å². The molecule has 0 bridgehead atoms. The van der Waals surface area contributed by atoms with Crippen molar-refractivity contribution >= 4 is 23.6 Å². The Morgan fingerprint density at radius 2 is 1.65 bits per heavy atom. The summed E-state index contributed by atoms with van der Waals surface area (Å²) in [7, 11) is 0. The predicted octanol–water partition coefficient (Wildman–Crippen LogP) is 4.40. The Labute approximate surface area is 155 Å². The van der Waals surface area contributed by atoms with Crippen LogP contribution in [0.4, 0.5) is 21.0 Å². The molecule has 1 aromatic carbocycles. The zero-order valence-corrected chi connectivity index (χ0v) is 16.5. The van der Waals surface area contributed by atoms with Gasteiger partial charge in [-0.2, -0.15) is 0 Å². The molecule has 0 radical (unpaired) electrons. The second-order valence-corrected chi connectivity index (χ2v) is 8.26. The summed E-state index contributed by atoms with van der Waals surface area (Å²) in [6, 6.07) is 7.31. The molecule has 7 heteroatoms. The molecule has 0 atom stereocenters. The summed E-state index contributed by atoms with van der Waals surface area (Å²) in [5, 5.41) is 6.19. The van der Waals surface area contributed by atoms with Crippen LogP contribution < -0.4 is 10.3 Å². The summed E-state index contributed by atoms with van der Waals surface area (Å²) >= 11 is 0. The molecule has 0 aromatic heterocycles. The summed E-state index contributed by atoms with van der Waals surface area (Å²) in [5.41, 5.74) is 0.296. The van der Waals surface area contributed by atoms with Crippen LogP contribution in [0.1, 0.15) is 48.0 Å². The molecule has 2 amide bonds. The third-order valence-corrected chi connectivity index (χ3v) is 3.42. The van der Waals surface area contributed by atoms with Crippen molar-refractivity contribution in [2.24, 2.45) is 0 Å². The third-order valence-electron chi connectivity index (χ3n) is 3.42. The molecule has 1 fully saturated rings. The number of carbonyl (C=O) groups is 2. The fourth-order valence-electron chi connectivity index (χ4n) is 2.55. The highest BCUT2D eigenvalue weighted by Crippen LogP contribution is 2.26. The lowest BCUT2D eigenvalue weighted by Crippen LogP contribution is -2.44. The van der Waals surface area contributed by atoms with Crippen LogP contribution in [-0.2, 0) is 9.47 Å². The highest BCUT2D eigenvalue weighted by Gasteiger charge is 2.31. The van der Waals surface area contributed by atoms with Crippen LogP contribution in [-0.4, -0.2) is 41.5 Å². The smallest absolute Gasteiger partial charge is 0.429 e. The number of amides is 2. The summed E-state index contributed by atoms with van der Waals surface area (Å²) in [6.45, 7) is 12.3. The Morgan fingerprint density at radius 1 is 1.00 bits per heavy atom. The first-order valence-electron chi connectivity index (χ1n) is 8.83. The number of nitrogens with one attached hydrogen (secondary N) is 1. The molecule has 2 rings (SSSR count). The SMILES string of the molecule is CC(C)(C)OC(=O)Nc1cccc(N2CCCN2C(=O)OC(C)(C)C)c1. The van der Waals surface area contributed by atoms with E-state index in [4.69, 9.17) is 9.47 Å². The van der Waals surface area contributed by atoms with Crippen LogP contribution in [0.2, 0.25) is 0 Å². The summed E-state index contributed by atoms with van der Waals surface area (Å²) in [4.78, 5) is 24.4. The molecule has 0 unspecified atom stereocenters. The lowest BCUT2D eigenvalue weighted by molar-refractivity contribution is 0.0273. The largest absolute Gasteiger partial charge is 0.444 e. The number of hydrogen-bond acceptors (Lipinski definition) is 5. The van der Waals surface area contributed by atoms with Crippen LogP contribution >= 0.6 is 0 Å². The fraction of sp³-hybridized carbons (Fsp3) is 0.579. The lowest BCUT2D eigenvalue weighted by Gasteiger charge is -2.32. The Balaban J connectivity index is 2.11. The Morgan fingerprint density at radius 3 is 2.27 bits per heavy atom. The molecule has 0 saturated carbocycles. The van der Waals surface area contributed by atoms with Gasteiger partial charge in [-0.15, -0.1) is 0 Å². The normalized spacial score (nSPS) is 15.0. The van der Waals surface area contributed by atoms with Gasteiger partial charge >= 0.3 is 12.2 Å². The Kier molecular flexibility index (Phi) is 5.68. The van der Waals surface area contributed by atoms with Crippen LogP contribution in [0.3, 0.4) is 0 Å². The van der Waals surface area contributed by atoms with Gasteiger partial charge in [0.1, 0.15) is 11.2 Å². The van der Waals surface area contributed by atoms with Crippen molar-refractivity contribution in [3.8, 4) is 0 Å². The number of benzene rings is 1. The van der Waals surface area contributed by atoms with Gasteiger partial charge in [0.25, 0.3) is 0 Å². The Bertz CT molecular complexity index is 661. The van der Waals surface area contributed by atoms with Gasteiger partial charge in [0.2, 0.25) is 0 Å². The maximum Gasteiger partial charge on any atom is 0.429 e. The fourth-order valence-corrected chi connectivity index (χ4v) is 2.55. The van der Waals surface area contributed by atoms with E-state index in [1.807, 2.05) is 64.8 Å². The molecule has 144 valence electrons. The van der Waals surface area contributed by atoms with Gasteiger partial charge < -0.3 is 9.47 Å².